The van der Waals surface area contributed by atoms with E-state index in [1.165, 1.54) is 19.6 Å². The molecule has 0 radical (unpaired) electrons. The van der Waals surface area contributed by atoms with Crippen LogP contribution in [0.3, 0.4) is 0 Å². The summed E-state index contributed by atoms with van der Waals surface area (Å²) < 4.78 is 48.1. The van der Waals surface area contributed by atoms with Crippen molar-refractivity contribution < 1.29 is 72.4 Å². The van der Waals surface area contributed by atoms with Gasteiger partial charge in [0.25, 0.3) is 5.56 Å². The second-order valence-corrected chi connectivity index (χ2v) is 12.3. The first-order valence-electron chi connectivity index (χ1n) is 13.1. The fraction of sp³-hybridized carbons (Fsp3) is 0.810. The third-order valence-corrected chi connectivity index (χ3v) is 9.10. The van der Waals surface area contributed by atoms with E-state index in [9.17, 15) is 54.0 Å². The van der Waals surface area contributed by atoms with E-state index in [1.807, 2.05) is 4.98 Å². The van der Waals surface area contributed by atoms with Crippen LogP contribution in [-0.2, 0) is 32.0 Å². The van der Waals surface area contributed by atoms with E-state index in [-0.39, 0.29) is 0 Å². The van der Waals surface area contributed by atoms with Gasteiger partial charge in [-0.25, -0.2) is 13.9 Å². The fourth-order valence-electron chi connectivity index (χ4n) is 4.02. The average Bonchev–Trinajstić information content (AvgIpc) is 3.21. The summed E-state index contributed by atoms with van der Waals surface area (Å²) in [7, 11) is -11.1. The number of H-pyrrole nitrogens is 1. The molecule has 2 fully saturated rings. The number of phosphoric ester groups is 2. The Hall–Kier alpha value is -1.42. The second-order valence-electron chi connectivity index (χ2n) is 9.30. The Kier molecular flexibility index (Phi) is 14.3. The summed E-state index contributed by atoms with van der Waals surface area (Å²) >= 11 is 0. The number of hydrogen-bond acceptors (Lipinski definition) is 16. The smallest absolute Gasteiger partial charge is 0.394 e. The highest BCUT2D eigenvalue weighted by atomic mass is 31.3. The molecule has 2 saturated heterocycles. The maximum Gasteiger partial charge on any atom is 0.483 e. The number of nitrogens with zero attached hydrogens (tertiary/aromatic N) is 2. The van der Waals surface area contributed by atoms with Crippen molar-refractivity contribution in [2.45, 2.75) is 76.0 Å². The molecule has 43 heavy (non-hydrogen) atoms. The summed E-state index contributed by atoms with van der Waals surface area (Å²) in [6, 6.07) is 0.928. The molecule has 1 aromatic rings. The molecule has 250 valence electrons. The minimum atomic E-state index is -5.59. The molecule has 20 nitrogen and oxygen atoms in total. The first kappa shape index (κ1) is 37.8. The third kappa shape index (κ3) is 10.3. The van der Waals surface area contributed by atoms with E-state index in [4.69, 9.17) is 14.6 Å². The van der Waals surface area contributed by atoms with Gasteiger partial charge >= 0.3 is 21.3 Å². The zero-order valence-electron chi connectivity index (χ0n) is 23.4. The molecule has 2 aliphatic heterocycles. The number of aliphatic hydroxyl groups excluding tert-OH is 6. The Morgan fingerprint density at radius 2 is 1.47 bits per heavy atom. The number of aromatic amines is 1. The Balaban J connectivity index is 0.000000821. The summed E-state index contributed by atoms with van der Waals surface area (Å²) in [5.74, 6) is 0. The monoisotopic (exact) mass is 667 g/mol. The molecule has 9 N–H and O–H groups in total. The highest BCUT2D eigenvalue weighted by Gasteiger charge is 2.49. The van der Waals surface area contributed by atoms with Crippen molar-refractivity contribution in [3.63, 3.8) is 0 Å². The maximum atomic E-state index is 12.2. The van der Waals surface area contributed by atoms with Gasteiger partial charge in [0.15, 0.2) is 12.5 Å². The third-order valence-electron chi connectivity index (χ3n) is 6.50. The van der Waals surface area contributed by atoms with Crippen molar-refractivity contribution in [3.8, 4) is 0 Å². The maximum absolute atomic E-state index is 12.2. The van der Waals surface area contributed by atoms with Crippen LogP contribution in [0.5, 0.6) is 0 Å². The molecule has 0 amide bonds. The molecular weight excluding hydrogens is 628 g/mol. The zero-order valence-corrected chi connectivity index (χ0v) is 25.2. The highest BCUT2D eigenvalue weighted by molar-refractivity contribution is 7.61. The van der Waals surface area contributed by atoms with Gasteiger partial charge in [-0.3, -0.25) is 23.4 Å². The summed E-state index contributed by atoms with van der Waals surface area (Å²) in [5, 5.41) is 58.6. The van der Waals surface area contributed by atoms with Crippen LogP contribution in [0.15, 0.2) is 21.9 Å². The molecule has 0 saturated carbocycles. The average molecular weight is 667 g/mol. The molecule has 2 unspecified atom stereocenters. The van der Waals surface area contributed by atoms with Crippen molar-refractivity contribution in [1.82, 2.24) is 14.5 Å². The minimum Gasteiger partial charge on any atom is -0.394 e. The topological polar surface area (TPSA) is 300 Å². The Morgan fingerprint density at radius 3 is 1.98 bits per heavy atom. The number of phosphoric acid groups is 2. The summed E-state index contributed by atoms with van der Waals surface area (Å²) in [4.78, 5) is 46.9. The van der Waals surface area contributed by atoms with Gasteiger partial charge in [0.05, 0.1) is 13.2 Å². The van der Waals surface area contributed by atoms with Crippen molar-refractivity contribution in [1.29, 1.82) is 0 Å². The SMILES string of the molecule is CCN(CC)CC.O=c1ccn([C@@H]2O[C@H](COP(=O)(O)OP(=O)(O)O[C@H]3O[C@@H](CO)[C@@H](O)[C@@H](O)[C@@H]3O)[C@@H](O)[C@H]2O)c(=O)[nH]1. The molecule has 0 aliphatic carbocycles. The molecule has 0 spiro atoms. The number of aromatic nitrogens is 2. The number of nitrogens with one attached hydrogen (secondary N) is 1. The molecular formula is C21H39N3O17P2. The Labute approximate surface area is 244 Å². The van der Waals surface area contributed by atoms with E-state index >= 15 is 0 Å². The van der Waals surface area contributed by atoms with Crippen LogP contribution < -0.4 is 11.2 Å². The van der Waals surface area contributed by atoms with Gasteiger partial charge in [-0.2, -0.15) is 4.31 Å². The predicted molar refractivity (Wildman–Crippen MR) is 142 cm³/mol. The van der Waals surface area contributed by atoms with Crippen LogP contribution >= 0.6 is 15.6 Å². The van der Waals surface area contributed by atoms with E-state index in [1.54, 1.807) is 0 Å². The number of rotatable bonds is 12. The summed E-state index contributed by atoms with van der Waals surface area (Å²) in [6.45, 7) is 8.20. The molecule has 1 aromatic heterocycles. The van der Waals surface area contributed by atoms with Gasteiger partial charge in [-0.05, 0) is 19.6 Å². The van der Waals surface area contributed by atoms with Gasteiger partial charge < -0.3 is 54.8 Å². The number of hydrogen-bond donors (Lipinski definition) is 9. The lowest BCUT2D eigenvalue weighted by Gasteiger charge is -2.39. The molecule has 3 heterocycles. The van der Waals surface area contributed by atoms with Crippen LogP contribution in [0, 0.1) is 0 Å². The van der Waals surface area contributed by atoms with Gasteiger partial charge in [0.1, 0.15) is 42.7 Å². The first-order chi connectivity index (χ1) is 20.0. The molecule has 0 aromatic carbocycles. The largest absolute Gasteiger partial charge is 0.483 e. The normalized spacial score (nSPS) is 33.8. The zero-order chi connectivity index (χ0) is 32.7. The molecule has 2 aliphatic rings. The lowest BCUT2D eigenvalue weighted by molar-refractivity contribution is -0.280. The van der Waals surface area contributed by atoms with E-state index < -0.39 is 95.4 Å². The van der Waals surface area contributed by atoms with Gasteiger partial charge in [-0.15, -0.1) is 0 Å². The minimum absolute atomic E-state index is 0.723. The lowest BCUT2D eigenvalue weighted by atomic mass is 10.00. The fourth-order valence-corrected chi connectivity index (χ4v) is 6.18. The summed E-state index contributed by atoms with van der Waals surface area (Å²) in [6.07, 6.45) is -15.4. The van der Waals surface area contributed by atoms with Gasteiger partial charge in [0.2, 0.25) is 0 Å². The van der Waals surface area contributed by atoms with Crippen LogP contribution in [-0.4, -0.2) is 137 Å². The van der Waals surface area contributed by atoms with Crippen molar-refractivity contribution >= 4 is 15.6 Å². The summed E-state index contributed by atoms with van der Waals surface area (Å²) in [5.41, 5.74) is -1.75. The van der Waals surface area contributed by atoms with Crippen LogP contribution in [0.1, 0.15) is 27.0 Å². The standard InChI is InChI=1S/C15H24N2O17P2.C6H15N/c18-3-5-8(20)10(22)12(24)14(32-5)33-36(28,29)34-35(26,27)30-4-6-9(21)11(23)13(31-6)17-2-1-7(19)16-15(17)25;1-4-7(5-2)6-3/h1-2,5-6,8-14,18,20-24H,3-4H2,(H,26,27)(H,28,29)(H,16,19,25);4-6H2,1-3H3/t5-,6+,8+,9+,10+,11+,12-,13+,14+;/m0./s1. The molecule has 11 atom stereocenters. The number of aliphatic hydroxyl groups is 6. The van der Waals surface area contributed by atoms with Gasteiger partial charge in [-0.1, -0.05) is 20.8 Å². The van der Waals surface area contributed by atoms with E-state index in [0.717, 1.165) is 16.8 Å². The molecule has 22 heteroatoms. The highest BCUT2D eigenvalue weighted by Crippen LogP contribution is 2.61. The predicted octanol–water partition coefficient (Wildman–Crippen LogP) is -3.45. The quantitative estimate of drug-likeness (QED) is 0.0979. The van der Waals surface area contributed by atoms with Crippen molar-refractivity contribution in [3.05, 3.63) is 33.1 Å². The van der Waals surface area contributed by atoms with Crippen LogP contribution in [0.2, 0.25) is 0 Å². The van der Waals surface area contributed by atoms with E-state index in [2.05, 4.69) is 39.0 Å². The van der Waals surface area contributed by atoms with Gasteiger partial charge in [0, 0.05) is 12.3 Å². The lowest BCUT2D eigenvalue weighted by Crippen LogP contribution is -2.58. The van der Waals surface area contributed by atoms with Crippen molar-refractivity contribution in [2.75, 3.05) is 32.8 Å². The molecule has 0 bridgehead atoms. The van der Waals surface area contributed by atoms with Crippen molar-refractivity contribution in [2.24, 2.45) is 0 Å². The second kappa shape index (κ2) is 16.2. The Morgan fingerprint density at radius 1 is 0.884 bits per heavy atom. The first-order valence-corrected chi connectivity index (χ1v) is 16.1. The van der Waals surface area contributed by atoms with E-state index in [0.29, 0.717) is 0 Å². The molecule has 3 rings (SSSR count). The number of ether oxygens (including phenoxy) is 2. The van der Waals surface area contributed by atoms with Crippen LogP contribution in [0.4, 0.5) is 0 Å². The Bertz CT molecular complexity index is 1220. The van der Waals surface area contributed by atoms with Crippen LogP contribution in [0.25, 0.3) is 0 Å².